The minimum Gasteiger partial charge on any atom is -0.496 e. The molecule has 4 nitrogen and oxygen atoms in total. The average molecular weight is 331 g/mol. The van der Waals surface area contributed by atoms with E-state index in [1.807, 2.05) is 6.92 Å². The highest BCUT2D eigenvalue weighted by Crippen LogP contribution is 2.38. The van der Waals surface area contributed by atoms with Crippen LogP contribution in [-0.2, 0) is 0 Å². The molecule has 0 fully saturated rings. The summed E-state index contributed by atoms with van der Waals surface area (Å²) in [6.45, 7) is 1.86. The van der Waals surface area contributed by atoms with Gasteiger partial charge in [0.15, 0.2) is 5.69 Å². The third-order valence-corrected chi connectivity index (χ3v) is 3.65. The molecule has 0 aliphatic rings. The zero-order valence-corrected chi connectivity index (χ0v) is 12.0. The van der Waals surface area contributed by atoms with Gasteiger partial charge in [-0.2, -0.15) is 0 Å². The summed E-state index contributed by atoms with van der Waals surface area (Å²) in [7, 11) is 1.47. The van der Waals surface area contributed by atoms with Crippen molar-refractivity contribution >= 4 is 44.4 Å². The number of nitrogens with zero attached hydrogens (tertiary/aromatic N) is 1. The van der Waals surface area contributed by atoms with Gasteiger partial charge < -0.3 is 9.84 Å². The lowest BCUT2D eigenvalue weighted by atomic mass is 10.1. The number of hydrogen-bond donors (Lipinski definition) is 1. The van der Waals surface area contributed by atoms with E-state index >= 15 is 0 Å². The van der Waals surface area contributed by atoms with Gasteiger partial charge in [-0.25, -0.2) is 9.78 Å². The number of pyridine rings is 1. The van der Waals surface area contributed by atoms with Gasteiger partial charge in [0.05, 0.1) is 23.0 Å². The van der Waals surface area contributed by atoms with Crippen molar-refractivity contribution in [2.75, 3.05) is 7.11 Å². The van der Waals surface area contributed by atoms with Gasteiger partial charge in [0, 0.05) is 10.5 Å². The number of aryl methyl sites for hydroxylation is 1. The van der Waals surface area contributed by atoms with Gasteiger partial charge in [-0.3, -0.25) is 0 Å². The second-order valence-corrected chi connectivity index (χ2v) is 4.96. The number of benzene rings is 1. The summed E-state index contributed by atoms with van der Waals surface area (Å²) in [5, 5.41) is 10.1. The minimum absolute atomic E-state index is 0.0834. The number of fused-ring (bicyclic) bond motifs is 1. The van der Waals surface area contributed by atoms with E-state index in [-0.39, 0.29) is 5.69 Å². The van der Waals surface area contributed by atoms with E-state index in [2.05, 4.69) is 20.9 Å². The van der Waals surface area contributed by atoms with Crippen molar-refractivity contribution in [1.82, 2.24) is 4.98 Å². The lowest BCUT2D eigenvalue weighted by Crippen LogP contribution is -2.02. The number of rotatable bonds is 2. The second kappa shape index (κ2) is 4.74. The van der Waals surface area contributed by atoms with Crippen LogP contribution in [0.25, 0.3) is 10.9 Å². The Morgan fingerprint density at radius 3 is 2.72 bits per heavy atom. The van der Waals surface area contributed by atoms with Crippen molar-refractivity contribution in [1.29, 1.82) is 0 Å². The fraction of sp³-hybridized carbons (Fsp3) is 0.167. The van der Waals surface area contributed by atoms with Crippen LogP contribution in [0.5, 0.6) is 5.75 Å². The molecule has 0 unspecified atom stereocenters. The Morgan fingerprint density at radius 2 is 2.17 bits per heavy atom. The molecule has 94 valence electrons. The molecule has 1 heterocycles. The van der Waals surface area contributed by atoms with Crippen LogP contribution in [0.3, 0.4) is 0 Å². The molecule has 1 aromatic carbocycles. The fourth-order valence-corrected chi connectivity index (χ4v) is 2.56. The molecule has 6 heteroatoms. The van der Waals surface area contributed by atoms with E-state index in [0.29, 0.717) is 26.1 Å². The predicted molar refractivity (Wildman–Crippen MR) is 72.7 cm³/mol. The third-order valence-electron chi connectivity index (χ3n) is 2.56. The molecule has 0 atom stereocenters. The first-order valence-corrected chi connectivity index (χ1v) is 6.19. The first kappa shape index (κ1) is 13.1. The number of aromatic carboxylic acids is 1. The predicted octanol–water partition coefficient (Wildman–Crippen LogP) is 3.67. The molecule has 0 bridgehead atoms. The Kier molecular flexibility index (Phi) is 3.45. The number of carboxylic acids is 1. The number of ether oxygens (including phenoxy) is 1. The summed E-state index contributed by atoms with van der Waals surface area (Å²) < 4.78 is 5.88. The van der Waals surface area contributed by atoms with E-state index in [1.54, 1.807) is 6.07 Å². The van der Waals surface area contributed by atoms with Crippen molar-refractivity contribution in [2.45, 2.75) is 6.92 Å². The Balaban J connectivity index is 2.96. The average Bonchev–Trinajstić information content (AvgIpc) is 2.34. The molecule has 0 spiro atoms. The maximum Gasteiger partial charge on any atom is 0.354 e. The standard InChI is InChI=1S/C12H9BrClNO3/c1-5-3-6(13)11-9(10(5)14)8(18-2)4-7(15-11)12(16)17/h3-4H,1-2H3,(H,16,17). The second-order valence-electron chi connectivity index (χ2n) is 3.73. The molecule has 2 aromatic rings. The lowest BCUT2D eigenvalue weighted by Gasteiger charge is -2.11. The summed E-state index contributed by atoms with van der Waals surface area (Å²) in [5.41, 5.74) is 1.25. The van der Waals surface area contributed by atoms with E-state index in [9.17, 15) is 4.79 Å². The number of aromatic nitrogens is 1. The van der Waals surface area contributed by atoms with Crippen molar-refractivity contribution in [3.05, 3.63) is 32.9 Å². The van der Waals surface area contributed by atoms with E-state index in [0.717, 1.165) is 5.56 Å². The van der Waals surface area contributed by atoms with E-state index in [1.165, 1.54) is 13.2 Å². The van der Waals surface area contributed by atoms with Gasteiger partial charge in [0.1, 0.15) is 5.75 Å². The zero-order chi connectivity index (χ0) is 13.4. The summed E-state index contributed by atoms with van der Waals surface area (Å²) >= 11 is 9.58. The van der Waals surface area contributed by atoms with Crippen LogP contribution in [-0.4, -0.2) is 23.2 Å². The monoisotopic (exact) mass is 329 g/mol. The summed E-state index contributed by atoms with van der Waals surface area (Å²) in [6, 6.07) is 3.16. The normalized spacial score (nSPS) is 10.7. The van der Waals surface area contributed by atoms with Crippen LogP contribution in [0.4, 0.5) is 0 Å². The Hall–Kier alpha value is -1.33. The van der Waals surface area contributed by atoms with Crippen LogP contribution in [0.1, 0.15) is 16.1 Å². The summed E-state index contributed by atoms with van der Waals surface area (Å²) in [5.74, 6) is -0.717. The summed E-state index contributed by atoms with van der Waals surface area (Å²) in [4.78, 5) is 15.1. The summed E-state index contributed by atoms with van der Waals surface area (Å²) in [6.07, 6.45) is 0. The molecular weight excluding hydrogens is 321 g/mol. The highest BCUT2D eigenvalue weighted by Gasteiger charge is 2.17. The number of carbonyl (C=O) groups is 1. The van der Waals surface area contributed by atoms with Gasteiger partial charge >= 0.3 is 5.97 Å². The smallest absolute Gasteiger partial charge is 0.354 e. The molecule has 1 N–H and O–H groups in total. The first-order valence-electron chi connectivity index (χ1n) is 5.02. The molecule has 0 aliphatic carbocycles. The van der Waals surface area contributed by atoms with Gasteiger partial charge in [-0.1, -0.05) is 11.6 Å². The minimum atomic E-state index is -1.11. The van der Waals surface area contributed by atoms with Gasteiger partial charge in [0.25, 0.3) is 0 Å². The Labute approximate surface area is 117 Å². The van der Waals surface area contributed by atoms with Crippen LogP contribution >= 0.6 is 27.5 Å². The van der Waals surface area contributed by atoms with Crippen LogP contribution in [0.15, 0.2) is 16.6 Å². The topological polar surface area (TPSA) is 59.4 Å². The van der Waals surface area contributed by atoms with Gasteiger partial charge in [-0.15, -0.1) is 0 Å². The van der Waals surface area contributed by atoms with Crippen molar-refractivity contribution < 1.29 is 14.6 Å². The molecule has 0 saturated heterocycles. The molecule has 0 saturated carbocycles. The Bertz CT molecular complexity index is 658. The van der Waals surface area contributed by atoms with E-state index < -0.39 is 5.97 Å². The molecule has 2 rings (SSSR count). The lowest BCUT2D eigenvalue weighted by molar-refractivity contribution is 0.0690. The number of carboxylic acid groups (broad SMARTS) is 1. The van der Waals surface area contributed by atoms with Crippen molar-refractivity contribution in [3.63, 3.8) is 0 Å². The SMILES string of the molecule is COc1cc(C(=O)O)nc2c(Br)cc(C)c(Cl)c12. The fourth-order valence-electron chi connectivity index (χ4n) is 1.70. The Morgan fingerprint density at radius 1 is 1.50 bits per heavy atom. The highest BCUT2D eigenvalue weighted by molar-refractivity contribution is 9.10. The molecule has 0 radical (unpaired) electrons. The van der Waals surface area contributed by atoms with Crippen LogP contribution in [0.2, 0.25) is 5.02 Å². The van der Waals surface area contributed by atoms with Crippen molar-refractivity contribution in [2.24, 2.45) is 0 Å². The maximum atomic E-state index is 11.0. The third kappa shape index (κ3) is 2.04. The quantitative estimate of drug-likeness (QED) is 0.913. The molecular formula is C12H9BrClNO3. The van der Waals surface area contributed by atoms with Crippen LogP contribution < -0.4 is 4.74 Å². The molecule has 1 aromatic heterocycles. The number of halogens is 2. The van der Waals surface area contributed by atoms with E-state index in [4.69, 9.17) is 21.4 Å². The van der Waals surface area contributed by atoms with Crippen LogP contribution in [0, 0.1) is 6.92 Å². The van der Waals surface area contributed by atoms with Gasteiger partial charge in [0.2, 0.25) is 0 Å². The largest absolute Gasteiger partial charge is 0.496 e. The molecule has 0 amide bonds. The molecule has 0 aliphatic heterocycles. The molecule has 18 heavy (non-hydrogen) atoms. The zero-order valence-electron chi connectivity index (χ0n) is 9.62. The maximum absolute atomic E-state index is 11.0. The first-order chi connectivity index (χ1) is 8.45. The van der Waals surface area contributed by atoms with Gasteiger partial charge in [-0.05, 0) is 34.5 Å². The highest BCUT2D eigenvalue weighted by atomic mass is 79.9. The number of hydrogen-bond acceptors (Lipinski definition) is 3. The van der Waals surface area contributed by atoms with Crippen molar-refractivity contribution in [3.8, 4) is 5.75 Å². The number of methoxy groups -OCH3 is 1.